The number of fused-ring (bicyclic) bond motifs is 1. The second-order valence-corrected chi connectivity index (χ2v) is 11.9. The first-order chi connectivity index (χ1) is 19.6. The molecule has 0 aliphatic carbocycles. The molecule has 0 saturated carbocycles. The van der Waals surface area contributed by atoms with Crippen LogP contribution in [-0.4, -0.2) is 40.4 Å². The van der Waals surface area contributed by atoms with E-state index in [4.69, 9.17) is 14.2 Å². The highest BCUT2D eigenvalue weighted by atomic mass is 32.1. The van der Waals surface area contributed by atoms with E-state index in [9.17, 15) is 19.3 Å². The lowest BCUT2D eigenvalue weighted by Crippen LogP contribution is -2.46. The Morgan fingerprint density at radius 3 is 2.63 bits per heavy atom. The third-order valence-electron chi connectivity index (χ3n) is 6.53. The fourth-order valence-corrected chi connectivity index (χ4v) is 5.73. The van der Waals surface area contributed by atoms with Crippen LogP contribution in [-0.2, 0) is 15.9 Å². The van der Waals surface area contributed by atoms with Crippen LogP contribution < -0.4 is 10.1 Å². The second-order valence-electron chi connectivity index (χ2n) is 10.8. The topological polar surface area (TPSA) is 113 Å². The Bertz CT molecular complexity index is 1560. The molecule has 2 aromatic carbocycles. The molecule has 4 aromatic rings. The molecule has 1 amide bonds. The molecule has 9 nitrogen and oxygen atoms in total. The van der Waals surface area contributed by atoms with Gasteiger partial charge in [-0.05, 0) is 63.3 Å². The van der Waals surface area contributed by atoms with Crippen molar-refractivity contribution in [2.24, 2.45) is 0 Å². The highest BCUT2D eigenvalue weighted by Gasteiger charge is 2.29. The number of nitrogens with one attached hydrogen (secondary N) is 1. The van der Waals surface area contributed by atoms with Crippen molar-refractivity contribution in [1.82, 2.24) is 10.3 Å². The summed E-state index contributed by atoms with van der Waals surface area (Å²) < 4.78 is 32.3. The average Bonchev–Trinajstić information content (AvgIpc) is 3.60. The number of halogens is 1. The van der Waals surface area contributed by atoms with Gasteiger partial charge in [-0.15, -0.1) is 11.3 Å². The van der Waals surface area contributed by atoms with Crippen LogP contribution in [0.5, 0.6) is 11.5 Å². The lowest BCUT2D eigenvalue weighted by atomic mass is 9.98. The Balaban J connectivity index is 1.33. The number of pyridine rings is 1. The number of hydrogen-bond donors (Lipinski definition) is 1. The number of thiophene rings is 1. The van der Waals surface area contributed by atoms with Gasteiger partial charge in [0, 0.05) is 29.8 Å². The molecule has 1 N–H and O–H groups in total. The molecule has 1 aliphatic rings. The first-order valence-electron chi connectivity index (χ1n) is 13.3. The summed E-state index contributed by atoms with van der Waals surface area (Å²) >= 11 is 1.45. The van der Waals surface area contributed by atoms with E-state index in [2.05, 4.69) is 10.3 Å². The van der Waals surface area contributed by atoms with Gasteiger partial charge in [0.05, 0.1) is 33.4 Å². The third kappa shape index (κ3) is 6.98. The lowest BCUT2D eigenvalue weighted by Gasteiger charge is -2.27. The zero-order valence-electron chi connectivity index (χ0n) is 22.9. The zero-order chi connectivity index (χ0) is 29.1. The Hall–Kier alpha value is -4.09. The van der Waals surface area contributed by atoms with E-state index in [1.54, 1.807) is 12.3 Å². The van der Waals surface area contributed by atoms with Crippen molar-refractivity contribution < 1.29 is 28.3 Å². The number of carbonyl (C=O) groups excluding carboxylic acids is 1. The molecule has 1 aliphatic heterocycles. The fraction of sp³-hybridized carbons (Fsp3) is 0.333. The van der Waals surface area contributed by atoms with Gasteiger partial charge in [0.25, 0.3) is 5.69 Å². The second kappa shape index (κ2) is 11.8. The normalized spacial score (nSPS) is 16.0. The van der Waals surface area contributed by atoms with Gasteiger partial charge in [0.1, 0.15) is 11.4 Å². The fourth-order valence-electron chi connectivity index (χ4n) is 4.66. The molecule has 11 heteroatoms. The SMILES string of the molecule is CC(C)(C)OC(=O)NC(Cc1ccc(-c2cc3nccc(Oc4ccc([N+](=O)[O-])cc4F)c3s2)cc1)C1CCCO1. The largest absolute Gasteiger partial charge is 0.453 e. The third-order valence-corrected chi connectivity index (χ3v) is 7.72. The van der Waals surface area contributed by atoms with Crippen molar-refractivity contribution >= 4 is 33.3 Å². The molecule has 0 bridgehead atoms. The van der Waals surface area contributed by atoms with Crippen LogP contribution in [0.3, 0.4) is 0 Å². The summed E-state index contributed by atoms with van der Waals surface area (Å²) in [5.74, 6) is -0.523. The quantitative estimate of drug-likeness (QED) is 0.171. The number of alkyl carbamates (subject to hydrolysis) is 1. The van der Waals surface area contributed by atoms with Crippen molar-refractivity contribution in [3.05, 3.63) is 82.3 Å². The van der Waals surface area contributed by atoms with E-state index >= 15 is 0 Å². The number of carbonyl (C=O) groups is 1. The monoisotopic (exact) mass is 579 g/mol. The molecule has 0 radical (unpaired) electrons. The number of benzene rings is 2. The number of amides is 1. The molecule has 0 spiro atoms. The average molecular weight is 580 g/mol. The highest BCUT2D eigenvalue weighted by molar-refractivity contribution is 7.22. The van der Waals surface area contributed by atoms with Crippen LogP contribution >= 0.6 is 11.3 Å². The summed E-state index contributed by atoms with van der Waals surface area (Å²) in [5, 5.41) is 13.9. The minimum Gasteiger partial charge on any atom is -0.453 e. The van der Waals surface area contributed by atoms with Crippen LogP contribution in [0.4, 0.5) is 14.9 Å². The van der Waals surface area contributed by atoms with E-state index in [-0.39, 0.29) is 23.6 Å². The lowest BCUT2D eigenvalue weighted by molar-refractivity contribution is -0.385. The Morgan fingerprint density at radius 2 is 1.98 bits per heavy atom. The van der Waals surface area contributed by atoms with Crippen LogP contribution in [0.1, 0.15) is 39.2 Å². The molecule has 41 heavy (non-hydrogen) atoms. The van der Waals surface area contributed by atoms with E-state index in [1.165, 1.54) is 23.5 Å². The number of rotatable bonds is 8. The maximum atomic E-state index is 14.5. The van der Waals surface area contributed by atoms with Crippen LogP contribution in [0.25, 0.3) is 20.7 Å². The zero-order valence-corrected chi connectivity index (χ0v) is 23.7. The minimum absolute atomic E-state index is 0.0742. The summed E-state index contributed by atoms with van der Waals surface area (Å²) in [7, 11) is 0. The Labute approximate surface area is 240 Å². The van der Waals surface area contributed by atoms with E-state index in [1.807, 2.05) is 51.1 Å². The van der Waals surface area contributed by atoms with Gasteiger partial charge in [-0.25, -0.2) is 9.18 Å². The van der Waals surface area contributed by atoms with Gasteiger partial charge < -0.3 is 19.5 Å². The van der Waals surface area contributed by atoms with Gasteiger partial charge in [0.15, 0.2) is 11.6 Å². The predicted octanol–water partition coefficient (Wildman–Crippen LogP) is 7.42. The van der Waals surface area contributed by atoms with Crippen LogP contribution in [0.2, 0.25) is 0 Å². The molecule has 1 saturated heterocycles. The van der Waals surface area contributed by atoms with E-state index < -0.39 is 22.4 Å². The summed E-state index contributed by atoms with van der Waals surface area (Å²) in [6, 6.07) is 14.7. The molecule has 2 unspecified atom stereocenters. The molecule has 3 heterocycles. The number of nitro benzene ring substituents is 1. The number of non-ortho nitro benzene ring substituents is 1. The number of hydrogen-bond acceptors (Lipinski definition) is 8. The van der Waals surface area contributed by atoms with Crippen LogP contribution in [0, 0.1) is 15.9 Å². The van der Waals surface area contributed by atoms with Crippen molar-refractivity contribution in [1.29, 1.82) is 0 Å². The first kappa shape index (κ1) is 28.4. The number of ether oxygens (including phenoxy) is 3. The first-order valence-corrected chi connectivity index (χ1v) is 14.1. The van der Waals surface area contributed by atoms with Crippen LogP contribution in [0.15, 0.2) is 60.8 Å². The van der Waals surface area contributed by atoms with Crippen molar-refractivity contribution in [3.63, 3.8) is 0 Å². The molecule has 1 fully saturated rings. The smallest absolute Gasteiger partial charge is 0.407 e. The number of aromatic nitrogens is 1. The molecule has 214 valence electrons. The Kier molecular flexibility index (Phi) is 8.18. The van der Waals surface area contributed by atoms with Gasteiger partial charge in [-0.2, -0.15) is 0 Å². The van der Waals surface area contributed by atoms with Crippen molar-refractivity contribution in [2.75, 3.05) is 6.61 Å². The summed E-state index contributed by atoms with van der Waals surface area (Å²) in [4.78, 5) is 28.1. The van der Waals surface area contributed by atoms with Gasteiger partial charge >= 0.3 is 6.09 Å². The Morgan fingerprint density at radius 1 is 1.20 bits per heavy atom. The molecule has 2 atom stereocenters. The molecule has 2 aromatic heterocycles. The maximum Gasteiger partial charge on any atom is 0.407 e. The summed E-state index contributed by atoms with van der Waals surface area (Å²) in [6.45, 7) is 6.18. The summed E-state index contributed by atoms with van der Waals surface area (Å²) in [6.07, 6.45) is 3.47. The standard InChI is InChI=1S/C30H30FN3O6S/c1-30(2,3)40-29(35)33-22(25-5-4-14-38-25)15-18-6-8-19(9-7-18)27-17-23-28(41-27)26(12-13-32-23)39-24-11-10-20(34(36)37)16-21(24)31/h6-13,16-17,22,25H,4-5,14-15H2,1-3H3,(H,33,35). The molecular weight excluding hydrogens is 549 g/mol. The van der Waals surface area contributed by atoms with Gasteiger partial charge in [-0.1, -0.05) is 24.3 Å². The predicted molar refractivity (Wildman–Crippen MR) is 154 cm³/mol. The minimum atomic E-state index is -0.820. The maximum absolute atomic E-state index is 14.5. The number of nitrogens with zero attached hydrogens (tertiary/aromatic N) is 2. The van der Waals surface area contributed by atoms with Crippen molar-refractivity contribution in [2.45, 2.75) is 57.8 Å². The van der Waals surface area contributed by atoms with E-state index in [0.717, 1.165) is 39.6 Å². The molecule has 5 rings (SSSR count). The van der Waals surface area contributed by atoms with E-state index in [0.29, 0.717) is 24.3 Å². The van der Waals surface area contributed by atoms with Gasteiger partial charge in [0.2, 0.25) is 0 Å². The number of nitro groups is 1. The molecular formula is C30H30FN3O6S. The van der Waals surface area contributed by atoms with Gasteiger partial charge in [-0.3, -0.25) is 15.1 Å². The highest BCUT2D eigenvalue weighted by Crippen LogP contribution is 2.40. The van der Waals surface area contributed by atoms with Crippen molar-refractivity contribution in [3.8, 4) is 21.9 Å². The summed E-state index contributed by atoms with van der Waals surface area (Å²) in [5.41, 5.74) is 1.76.